The van der Waals surface area contributed by atoms with Crippen LogP contribution < -0.4 is 0 Å². The van der Waals surface area contributed by atoms with Crippen molar-refractivity contribution in [1.29, 1.82) is 5.26 Å². The standard InChI is InChI=1S/C15H15N3/c16-8-10-7-14-15-12(5-6-18(14)9-10)11-3-1-2-4-13(11)17-15/h1-4,10,14,17H,5-7,9H2/t10-,14+/m0/s1. The van der Waals surface area contributed by atoms with Crippen molar-refractivity contribution < 1.29 is 0 Å². The molecule has 1 saturated heterocycles. The van der Waals surface area contributed by atoms with E-state index in [2.05, 4.69) is 40.2 Å². The van der Waals surface area contributed by atoms with Gasteiger partial charge in [0.1, 0.15) is 0 Å². The number of rotatable bonds is 0. The molecular formula is C15H15N3. The van der Waals surface area contributed by atoms with E-state index in [1.54, 1.807) is 0 Å². The van der Waals surface area contributed by atoms with Gasteiger partial charge in [-0.3, -0.25) is 4.90 Å². The van der Waals surface area contributed by atoms with Crippen LogP contribution in [0.4, 0.5) is 0 Å². The van der Waals surface area contributed by atoms with Crippen LogP contribution in [0.25, 0.3) is 10.9 Å². The number of aromatic nitrogens is 1. The molecule has 0 radical (unpaired) electrons. The summed E-state index contributed by atoms with van der Waals surface area (Å²) in [7, 11) is 0. The van der Waals surface area contributed by atoms with Crippen molar-refractivity contribution >= 4 is 10.9 Å². The number of nitrogens with one attached hydrogen (secondary N) is 1. The minimum absolute atomic E-state index is 0.201. The Hall–Kier alpha value is -1.79. The van der Waals surface area contributed by atoms with E-state index in [4.69, 9.17) is 5.26 Å². The van der Waals surface area contributed by atoms with Crippen LogP contribution >= 0.6 is 0 Å². The third kappa shape index (κ3) is 1.27. The number of hydrogen-bond donors (Lipinski definition) is 1. The topological polar surface area (TPSA) is 42.8 Å². The molecule has 18 heavy (non-hydrogen) atoms. The molecule has 0 unspecified atom stereocenters. The van der Waals surface area contributed by atoms with Crippen LogP contribution in [0.2, 0.25) is 0 Å². The second kappa shape index (κ2) is 3.60. The smallest absolute Gasteiger partial charge is 0.0670 e. The number of para-hydroxylation sites is 1. The Morgan fingerprint density at radius 3 is 3.11 bits per heavy atom. The molecule has 2 aromatic rings. The van der Waals surface area contributed by atoms with E-state index >= 15 is 0 Å². The molecule has 2 aliphatic heterocycles. The number of aromatic amines is 1. The van der Waals surface area contributed by atoms with Crippen LogP contribution in [-0.4, -0.2) is 23.0 Å². The number of hydrogen-bond acceptors (Lipinski definition) is 2. The molecule has 1 N–H and O–H groups in total. The molecule has 0 bridgehead atoms. The summed E-state index contributed by atoms with van der Waals surface area (Å²) in [4.78, 5) is 6.04. The van der Waals surface area contributed by atoms with Crippen molar-refractivity contribution in [3.63, 3.8) is 0 Å². The molecule has 4 rings (SSSR count). The van der Waals surface area contributed by atoms with Gasteiger partial charge in [-0.05, 0) is 24.5 Å². The molecule has 3 nitrogen and oxygen atoms in total. The molecule has 1 fully saturated rings. The maximum absolute atomic E-state index is 9.11. The zero-order valence-electron chi connectivity index (χ0n) is 10.2. The number of nitriles is 1. The van der Waals surface area contributed by atoms with Crippen LogP contribution in [0.15, 0.2) is 24.3 Å². The Morgan fingerprint density at radius 1 is 1.33 bits per heavy atom. The van der Waals surface area contributed by atoms with Crippen LogP contribution in [0.1, 0.15) is 23.7 Å². The molecule has 0 amide bonds. The van der Waals surface area contributed by atoms with Gasteiger partial charge in [0, 0.05) is 29.7 Å². The number of nitrogens with zero attached hydrogens (tertiary/aromatic N) is 2. The van der Waals surface area contributed by atoms with E-state index in [0.717, 1.165) is 25.9 Å². The highest BCUT2D eigenvalue weighted by Gasteiger charge is 2.38. The third-order valence-electron chi connectivity index (χ3n) is 4.41. The summed E-state index contributed by atoms with van der Waals surface area (Å²) >= 11 is 0. The lowest BCUT2D eigenvalue weighted by molar-refractivity contribution is 0.239. The average molecular weight is 237 g/mol. The Kier molecular flexibility index (Phi) is 2.03. The second-order valence-corrected chi connectivity index (χ2v) is 5.39. The Morgan fingerprint density at radius 2 is 2.22 bits per heavy atom. The Bertz CT molecular complexity index is 649. The molecular weight excluding hydrogens is 222 g/mol. The van der Waals surface area contributed by atoms with Crippen molar-refractivity contribution in [2.75, 3.05) is 13.1 Å². The predicted molar refractivity (Wildman–Crippen MR) is 70.0 cm³/mol. The number of benzene rings is 1. The average Bonchev–Trinajstić information content (AvgIpc) is 2.98. The predicted octanol–water partition coefficient (Wildman–Crippen LogP) is 2.61. The molecule has 90 valence electrons. The molecule has 3 heterocycles. The zero-order valence-corrected chi connectivity index (χ0v) is 10.2. The van der Waals surface area contributed by atoms with Crippen LogP contribution in [0.3, 0.4) is 0 Å². The van der Waals surface area contributed by atoms with Crippen LogP contribution in [0.5, 0.6) is 0 Å². The largest absolute Gasteiger partial charge is 0.357 e. The minimum atomic E-state index is 0.201. The summed E-state index contributed by atoms with van der Waals surface area (Å²) in [6, 6.07) is 11.4. The number of fused-ring (bicyclic) bond motifs is 5. The van der Waals surface area contributed by atoms with Gasteiger partial charge in [0.25, 0.3) is 0 Å². The van der Waals surface area contributed by atoms with E-state index in [0.29, 0.717) is 6.04 Å². The molecule has 0 spiro atoms. The summed E-state index contributed by atoms with van der Waals surface area (Å²) in [5.41, 5.74) is 4.08. The highest BCUT2D eigenvalue weighted by atomic mass is 15.2. The van der Waals surface area contributed by atoms with Crippen molar-refractivity contribution in [1.82, 2.24) is 9.88 Å². The van der Waals surface area contributed by atoms with Crippen LogP contribution in [-0.2, 0) is 6.42 Å². The van der Waals surface area contributed by atoms with E-state index in [-0.39, 0.29) is 5.92 Å². The summed E-state index contributed by atoms with van der Waals surface area (Å²) in [6.45, 7) is 2.04. The Balaban J connectivity index is 1.86. The quantitative estimate of drug-likeness (QED) is 0.765. The van der Waals surface area contributed by atoms with E-state index < -0.39 is 0 Å². The van der Waals surface area contributed by atoms with Crippen LogP contribution in [0, 0.1) is 17.2 Å². The molecule has 3 heteroatoms. The maximum Gasteiger partial charge on any atom is 0.0670 e. The van der Waals surface area contributed by atoms with Gasteiger partial charge in [-0.2, -0.15) is 5.26 Å². The highest BCUT2D eigenvalue weighted by Crippen LogP contribution is 2.41. The third-order valence-corrected chi connectivity index (χ3v) is 4.41. The molecule has 2 aliphatic rings. The number of H-pyrrole nitrogens is 1. The van der Waals surface area contributed by atoms with Gasteiger partial charge < -0.3 is 4.98 Å². The first-order valence-corrected chi connectivity index (χ1v) is 6.60. The van der Waals surface area contributed by atoms with Crippen molar-refractivity contribution in [2.45, 2.75) is 18.9 Å². The summed E-state index contributed by atoms with van der Waals surface area (Å²) in [5.74, 6) is 0.201. The van der Waals surface area contributed by atoms with Gasteiger partial charge >= 0.3 is 0 Å². The molecule has 0 saturated carbocycles. The minimum Gasteiger partial charge on any atom is -0.357 e. The van der Waals surface area contributed by atoms with E-state index in [9.17, 15) is 0 Å². The second-order valence-electron chi connectivity index (χ2n) is 5.39. The van der Waals surface area contributed by atoms with Crippen molar-refractivity contribution in [3.05, 3.63) is 35.5 Å². The Labute approximate surface area is 106 Å². The maximum atomic E-state index is 9.11. The normalized spacial score (nSPS) is 26.8. The van der Waals surface area contributed by atoms with Gasteiger partial charge in [0.05, 0.1) is 18.0 Å². The SMILES string of the molecule is N#C[C@@H]1C[C@@H]2c3[nH]c4ccccc4c3CCN2C1. The first-order chi connectivity index (χ1) is 8.86. The fraction of sp³-hybridized carbons (Fsp3) is 0.400. The molecule has 1 aromatic heterocycles. The zero-order chi connectivity index (χ0) is 12.1. The summed E-state index contributed by atoms with van der Waals surface area (Å²) in [5, 5.41) is 10.5. The van der Waals surface area contributed by atoms with E-state index in [1.165, 1.54) is 22.2 Å². The lowest BCUT2D eigenvalue weighted by Crippen LogP contribution is -2.31. The highest BCUT2D eigenvalue weighted by molar-refractivity contribution is 5.85. The first kappa shape index (κ1) is 10.2. The van der Waals surface area contributed by atoms with E-state index in [1.807, 2.05) is 0 Å². The fourth-order valence-electron chi connectivity index (χ4n) is 3.57. The van der Waals surface area contributed by atoms with Gasteiger partial charge in [-0.25, -0.2) is 0 Å². The van der Waals surface area contributed by atoms with Crippen molar-refractivity contribution in [3.8, 4) is 6.07 Å². The lowest BCUT2D eigenvalue weighted by atomic mass is 9.96. The molecule has 0 aliphatic carbocycles. The van der Waals surface area contributed by atoms with Gasteiger partial charge in [-0.1, -0.05) is 18.2 Å². The van der Waals surface area contributed by atoms with Gasteiger partial charge in [-0.15, -0.1) is 0 Å². The fourth-order valence-corrected chi connectivity index (χ4v) is 3.57. The molecule has 1 aromatic carbocycles. The van der Waals surface area contributed by atoms with Gasteiger partial charge in [0.15, 0.2) is 0 Å². The lowest BCUT2D eigenvalue weighted by Gasteiger charge is -2.29. The van der Waals surface area contributed by atoms with Crippen molar-refractivity contribution in [2.24, 2.45) is 5.92 Å². The molecule has 2 atom stereocenters. The summed E-state index contributed by atoms with van der Waals surface area (Å²) in [6.07, 6.45) is 2.09. The van der Waals surface area contributed by atoms with Gasteiger partial charge in [0.2, 0.25) is 0 Å². The monoisotopic (exact) mass is 237 g/mol. The summed E-state index contributed by atoms with van der Waals surface area (Å²) < 4.78 is 0. The first-order valence-electron chi connectivity index (χ1n) is 6.60.